The normalized spacial score (nSPS) is 10.3. The highest BCUT2D eigenvalue weighted by atomic mass is 19.1. The maximum absolute atomic E-state index is 13.2. The van der Waals surface area contributed by atoms with Crippen LogP contribution >= 0.6 is 0 Å². The Balaban J connectivity index is 2.48. The summed E-state index contributed by atoms with van der Waals surface area (Å²) in [6.07, 6.45) is 1.05. The number of hydrogen-bond donors (Lipinski definition) is 0. The number of halogens is 1. The zero-order chi connectivity index (χ0) is 14.3. The fraction of sp³-hybridized carbons (Fsp3) is 0.429. The van der Waals surface area contributed by atoms with Crippen LogP contribution in [0.15, 0.2) is 18.2 Å². The lowest BCUT2D eigenvalue weighted by Crippen LogP contribution is -2.20. The van der Waals surface area contributed by atoms with Gasteiger partial charge in [0, 0.05) is 13.0 Å². The van der Waals surface area contributed by atoms with Gasteiger partial charge in [-0.3, -0.25) is 4.79 Å². The summed E-state index contributed by atoms with van der Waals surface area (Å²) in [5.41, 5.74) is 1.06. The zero-order valence-electron chi connectivity index (χ0n) is 11.1. The number of ether oxygens (including phenoxy) is 1. The smallest absolute Gasteiger partial charge is 0.305 e. The molecular formula is C14H17FN2O2. The molecule has 1 aromatic rings. The quantitative estimate of drug-likeness (QED) is 0.738. The monoisotopic (exact) mass is 264 g/mol. The third-order valence-corrected chi connectivity index (χ3v) is 2.69. The van der Waals surface area contributed by atoms with E-state index >= 15 is 0 Å². The van der Waals surface area contributed by atoms with Crippen molar-refractivity contribution in [2.24, 2.45) is 0 Å². The van der Waals surface area contributed by atoms with Crippen LogP contribution in [-0.4, -0.2) is 31.6 Å². The van der Waals surface area contributed by atoms with E-state index in [0.29, 0.717) is 31.5 Å². The van der Waals surface area contributed by atoms with E-state index in [1.807, 2.05) is 18.0 Å². The number of carbonyl (C=O) groups is 1. The number of nitrogens with zero attached hydrogens (tertiary/aromatic N) is 2. The predicted octanol–water partition coefficient (Wildman–Crippen LogP) is 2.08. The van der Waals surface area contributed by atoms with Gasteiger partial charge in [-0.25, -0.2) is 4.39 Å². The van der Waals surface area contributed by atoms with Gasteiger partial charge in [0.1, 0.15) is 5.82 Å². The van der Waals surface area contributed by atoms with Gasteiger partial charge in [0.2, 0.25) is 0 Å². The maximum atomic E-state index is 13.2. The minimum Gasteiger partial charge on any atom is -0.469 e. The van der Waals surface area contributed by atoms with E-state index in [2.05, 4.69) is 4.74 Å². The van der Waals surface area contributed by atoms with Crippen LogP contribution in [0.25, 0.3) is 0 Å². The number of benzene rings is 1. The average Bonchev–Trinajstić information content (AvgIpc) is 2.37. The van der Waals surface area contributed by atoms with Crippen molar-refractivity contribution in [3.8, 4) is 6.07 Å². The van der Waals surface area contributed by atoms with Gasteiger partial charge in [0.25, 0.3) is 0 Å². The lowest BCUT2D eigenvalue weighted by atomic mass is 10.1. The van der Waals surface area contributed by atoms with Gasteiger partial charge < -0.3 is 9.64 Å². The van der Waals surface area contributed by atoms with Crippen molar-refractivity contribution in [1.82, 2.24) is 4.90 Å². The Kier molecular flexibility index (Phi) is 5.97. The Morgan fingerprint density at radius 2 is 2.21 bits per heavy atom. The van der Waals surface area contributed by atoms with Crippen molar-refractivity contribution in [2.75, 3.05) is 20.7 Å². The molecule has 0 aliphatic rings. The number of esters is 1. The van der Waals surface area contributed by atoms with E-state index in [9.17, 15) is 9.18 Å². The number of hydrogen-bond acceptors (Lipinski definition) is 4. The molecule has 5 heteroatoms. The van der Waals surface area contributed by atoms with Crippen molar-refractivity contribution >= 4 is 5.97 Å². The number of rotatable bonds is 6. The van der Waals surface area contributed by atoms with Crippen molar-refractivity contribution in [2.45, 2.75) is 19.4 Å². The van der Waals surface area contributed by atoms with Crippen molar-refractivity contribution in [3.05, 3.63) is 35.1 Å². The first kappa shape index (κ1) is 15.1. The molecule has 0 aliphatic heterocycles. The molecule has 0 radical (unpaired) electrons. The summed E-state index contributed by atoms with van der Waals surface area (Å²) in [6.45, 7) is 1.24. The Morgan fingerprint density at radius 1 is 1.47 bits per heavy atom. The van der Waals surface area contributed by atoms with Crippen LogP contribution in [0.1, 0.15) is 24.0 Å². The van der Waals surface area contributed by atoms with Gasteiger partial charge in [-0.2, -0.15) is 5.26 Å². The van der Waals surface area contributed by atoms with Crippen molar-refractivity contribution in [3.63, 3.8) is 0 Å². The molecule has 0 spiro atoms. The van der Waals surface area contributed by atoms with E-state index in [0.717, 1.165) is 5.56 Å². The summed E-state index contributed by atoms with van der Waals surface area (Å²) in [7, 11) is 3.25. The third-order valence-electron chi connectivity index (χ3n) is 2.69. The second kappa shape index (κ2) is 7.49. The van der Waals surface area contributed by atoms with E-state index in [1.165, 1.54) is 19.2 Å². The van der Waals surface area contributed by atoms with Gasteiger partial charge in [-0.1, -0.05) is 0 Å². The molecule has 0 N–H and O–H groups in total. The molecule has 0 aliphatic carbocycles. The molecule has 0 bridgehead atoms. The first-order valence-corrected chi connectivity index (χ1v) is 6.00. The fourth-order valence-corrected chi connectivity index (χ4v) is 1.79. The van der Waals surface area contributed by atoms with Crippen LogP contribution in [0.2, 0.25) is 0 Å². The topological polar surface area (TPSA) is 53.3 Å². The SMILES string of the molecule is COC(=O)CCCN(C)Cc1cc(F)cc(C#N)c1. The van der Waals surface area contributed by atoms with Crippen LogP contribution < -0.4 is 0 Å². The molecule has 0 saturated heterocycles. The summed E-state index contributed by atoms with van der Waals surface area (Å²) in [5, 5.41) is 8.77. The zero-order valence-corrected chi connectivity index (χ0v) is 11.1. The highest BCUT2D eigenvalue weighted by Gasteiger charge is 2.06. The van der Waals surface area contributed by atoms with E-state index < -0.39 is 5.82 Å². The highest BCUT2D eigenvalue weighted by molar-refractivity contribution is 5.69. The molecule has 102 valence electrons. The average molecular weight is 264 g/mol. The standard InChI is InChI=1S/C14H17FN2O2/c1-17(5-3-4-14(18)19-2)10-12-6-11(9-16)7-13(15)8-12/h6-8H,3-5,10H2,1-2H3. The fourth-order valence-electron chi connectivity index (χ4n) is 1.79. The largest absolute Gasteiger partial charge is 0.469 e. The molecule has 19 heavy (non-hydrogen) atoms. The maximum Gasteiger partial charge on any atom is 0.305 e. The van der Waals surface area contributed by atoms with Gasteiger partial charge in [0.05, 0.1) is 18.7 Å². The summed E-state index contributed by atoms with van der Waals surface area (Å²) < 4.78 is 17.8. The van der Waals surface area contributed by atoms with Crippen LogP contribution in [-0.2, 0) is 16.1 Å². The van der Waals surface area contributed by atoms with E-state index in [4.69, 9.17) is 5.26 Å². The highest BCUT2D eigenvalue weighted by Crippen LogP contribution is 2.11. The molecule has 4 nitrogen and oxygen atoms in total. The first-order chi connectivity index (χ1) is 9.05. The second-order valence-corrected chi connectivity index (χ2v) is 4.38. The Labute approximate surface area is 112 Å². The number of carbonyl (C=O) groups excluding carboxylic acids is 1. The number of methoxy groups -OCH3 is 1. The van der Waals surface area contributed by atoms with Gasteiger partial charge in [-0.05, 0) is 43.8 Å². The van der Waals surface area contributed by atoms with Crippen LogP contribution in [0, 0.1) is 17.1 Å². The first-order valence-electron chi connectivity index (χ1n) is 6.00. The van der Waals surface area contributed by atoms with E-state index in [1.54, 1.807) is 6.07 Å². The van der Waals surface area contributed by atoms with Gasteiger partial charge in [-0.15, -0.1) is 0 Å². The van der Waals surface area contributed by atoms with Crippen molar-refractivity contribution in [1.29, 1.82) is 5.26 Å². The molecule has 0 unspecified atom stereocenters. The molecule has 0 atom stereocenters. The molecule has 1 rings (SSSR count). The Bertz CT molecular complexity index is 483. The Hall–Kier alpha value is -1.93. The van der Waals surface area contributed by atoms with E-state index in [-0.39, 0.29) is 5.97 Å². The molecule has 1 aromatic carbocycles. The molecule has 0 saturated carbocycles. The lowest BCUT2D eigenvalue weighted by molar-refractivity contribution is -0.140. The minimum atomic E-state index is -0.406. The summed E-state index contributed by atoms with van der Waals surface area (Å²) in [6, 6.07) is 6.22. The second-order valence-electron chi connectivity index (χ2n) is 4.38. The minimum absolute atomic E-state index is 0.231. The lowest BCUT2D eigenvalue weighted by Gasteiger charge is -2.16. The van der Waals surface area contributed by atoms with Gasteiger partial charge >= 0.3 is 5.97 Å². The summed E-state index contributed by atoms with van der Waals surface area (Å²) in [4.78, 5) is 12.9. The van der Waals surface area contributed by atoms with Crippen molar-refractivity contribution < 1.29 is 13.9 Å². The molecule has 0 heterocycles. The molecular weight excluding hydrogens is 247 g/mol. The Morgan fingerprint density at radius 3 is 2.84 bits per heavy atom. The summed E-state index contributed by atoms with van der Waals surface area (Å²) >= 11 is 0. The number of nitriles is 1. The van der Waals surface area contributed by atoms with Crippen LogP contribution in [0.5, 0.6) is 0 Å². The van der Waals surface area contributed by atoms with Crippen LogP contribution in [0.4, 0.5) is 4.39 Å². The molecule has 0 aromatic heterocycles. The van der Waals surface area contributed by atoms with Crippen LogP contribution in [0.3, 0.4) is 0 Å². The van der Waals surface area contributed by atoms with Gasteiger partial charge in [0.15, 0.2) is 0 Å². The molecule has 0 amide bonds. The predicted molar refractivity (Wildman–Crippen MR) is 68.7 cm³/mol. The molecule has 0 fully saturated rings. The third kappa shape index (κ3) is 5.49. The summed E-state index contributed by atoms with van der Waals surface area (Å²) in [5.74, 6) is -0.636.